The molecule has 0 unspecified atom stereocenters. The van der Waals surface area contributed by atoms with Gasteiger partial charge in [-0.2, -0.15) is 0 Å². The van der Waals surface area contributed by atoms with E-state index < -0.39 is 0 Å². The quantitative estimate of drug-likeness (QED) is 0.853. The van der Waals surface area contributed by atoms with Gasteiger partial charge >= 0.3 is 0 Å². The number of pyridine rings is 1. The summed E-state index contributed by atoms with van der Waals surface area (Å²) in [6, 6.07) is 6.17. The number of rotatable bonds is 4. The zero-order valence-electron chi connectivity index (χ0n) is 14.0. The average molecular weight is 325 g/mol. The van der Waals surface area contributed by atoms with Crippen molar-refractivity contribution in [2.45, 2.75) is 32.0 Å². The fourth-order valence-corrected chi connectivity index (χ4v) is 3.88. The van der Waals surface area contributed by atoms with E-state index in [-0.39, 0.29) is 12.0 Å². The minimum absolute atomic E-state index is 0.104. The number of hydrogen-bond acceptors (Lipinski definition) is 4. The average Bonchev–Trinajstić information content (AvgIpc) is 2.81. The van der Waals surface area contributed by atoms with E-state index in [0.717, 1.165) is 44.0 Å². The highest BCUT2D eigenvalue weighted by molar-refractivity contribution is 5.80. The van der Waals surface area contributed by atoms with Gasteiger partial charge in [0.05, 0.1) is 24.7 Å². The monoisotopic (exact) mass is 325 g/mol. The Hall–Kier alpha value is -2.21. The van der Waals surface area contributed by atoms with Crippen molar-refractivity contribution in [2.24, 2.45) is 13.0 Å². The van der Waals surface area contributed by atoms with E-state index in [0.29, 0.717) is 12.5 Å². The zero-order chi connectivity index (χ0) is 16.5. The van der Waals surface area contributed by atoms with E-state index in [2.05, 4.69) is 24.3 Å². The lowest BCUT2D eigenvalue weighted by molar-refractivity contribution is -0.140. The van der Waals surface area contributed by atoms with Gasteiger partial charge in [-0.3, -0.25) is 14.7 Å². The van der Waals surface area contributed by atoms with E-state index in [9.17, 15) is 4.79 Å². The first kappa shape index (κ1) is 15.3. The lowest BCUT2D eigenvalue weighted by Gasteiger charge is -2.35. The summed E-state index contributed by atoms with van der Waals surface area (Å²) in [4.78, 5) is 26.1. The molecule has 0 spiro atoms. The third kappa shape index (κ3) is 2.94. The van der Waals surface area contributed by atoms with Crippen LogP contribution in [-0.4, -0.2) is 49.4 Å². The first-order valence-corrected chi connectivity index (χ1v) is 8.59. The summed E-state index contributed by atoms with van der Waals surface area (Å²) in [5.74, 6) is 1.45. The standard InChI is InChI=1S/C18H23N5O/c1-21-9-8-20-17(21)13-22-10-14-5-6-16(12-22)23(18(14)24)11-15-4-2-3-7-19-15/h2-4,7-9,14,16H,5-6,10-13H2,1H3/t14-,16+/m1/s1. The van der Waals surface area contributed by atoms with Crippen LogP contribution >= 0.6 is 0 Å². The molecule has 0 aliphatic carbocycles. The highest BCUT2D eigenvalue weighted by Crippen LogP contribution is 2.30. The number of amides is 1. The number of aromatic nitrogens is 3. The van der Waals surface area contributed by atoms with Gasteiger partial charge in [0, 0.05) is 44.8 Å². The number of carbonyl (C=O) groups is 1. The van der Waals surface area contributed by atoms with Crippen molar-refractivity contribution in [1.29, 1.82) is 0 Å². The van der Waals surface area contributed by atoms with Gasteiger partial charge in [0.2, 0.25) is 5.91 Å². The molecule has 6 heteroatoms. The van der Waals surface area contributed by atoms with Crippen molar-refractivity contribution in [2.75, 3.05) is 13.1 Å². The zero-order valence-corrected chi connectivity index (χ0v) is 14.0. The molecule has 0 N–H and O–H groups in total. The molecule has 0 radical (unpaired) electrons. The number of hydrogen-bond donors (Lipinski definition) is 0. The van der Waals surface area contributed by atoms with Crippen LogP contribution in [0.1, 0.15) is 24.4 Å². The van der Waals surface area contributed by atoms with Crippen molar-refractivity contribution in [1.82, 2.24) is 24.3 Å². The van der Waals surface area contributed by atoms with E-state index in [1.165, 1.54) is 0 Å². The molecule has 3 aliphatic heterocycles. The summed E-state index contributed by atoms with van der Waals surface area (Å²) in [6.45, 7) is 3.18. The van der Waals surface area contributed by atoms with Crippen molar-refractivity contribution in [3.63, 3.8) is 0 Å². The second-order valence-electron chi connectivity index (χ2n) is 6.86. The summed E-state index contributed by atoms with van der Waals surface area (Å²) in [7, 11) is 2.02. The molecule has 24 heavy (non-hydrogen) atoms. The Morgan fingerprint density at radius 1 is 1.12 bits per heavy atom. The fraction of sp³-hybridized carbons (Fsp3) is 0.500. The van der Waals surface area contributed by atoms with Gasteiger partial charge in [-0.25, -0.2) is 4.98 Å². The molecule has 1 amide bonds. The second kappa shape index (κ2) is 6.36. The molecule has 2 atom stereocenters. The largest absolute Gasteiger partial charge is 0.337 e. The maximum Gasteiger partial charge on any atom is 0.227 e. The van der Waals surface area contributed by atoms with Crippen LogP contribution in [0.3, 0.4) is 0 Å². The van der Waals surface area contributed by atoms with Gasteiger partial charge in [0.1, 0.15) is 5.82 Å². The van der Waals surface area contributed by atoms with Gasteiger partial charge < -0.3 is 9.47 Å². The van der Waals surface area contributed by atoms with Gasteiger partial charge in [0.15, 0.2) is 0 Å². The molecule has 2 aromatic heterocycles. The highest BCUT2D eigenvalue weighted by atomic mass is 16.2. The van der Waals surface area contributed by atoms with Crippen molar-refractivity contribution < 1.29 is 4.79 Å². The Morgan fingerprint density at radius 2 is 2.04 bits per heavy atom. The van der Waals surface area contributed by atoms with Crippen molar-refractivity contribution in [3.8, 4) is 0 Å². The van der Waals surface area contributed by atoms with Crippen LogP contribution in [0.5, 0.6) is 0 Å². The molecular formula is C18H23N5O. The lowest BCUT2D eigenvalue weighted by atomic mass is 9.94. The molecule has 5 heterocycles. The molecule has 5 rings (SSSR count). The lowest BCUT2D eigenvalue weighted by Crippen LogP contribution is -2.47. The normalized spacial score (nSPS) is 24.4. The fourth-order valence-electron chi connectivity index (χ4n) is 3.88. The summed E-state index contributed by atoms with van der Waals surface area (Å²) >= 11 is 0. The summed E-state index contributed by atoms with van der Waals surface area (Å²) < 4.78 is 2.06. The van der Waals surface area contributed by atoms with E-state index >= 15 is 0 Å². The predicted octanol–water partition coefficient (Wildman–Crippen LogP) is 1.44. The number of piperidine rings is 1. The Balaban J connectivity index is 1.51. The number of aryl methyl sites for hydroxylation is 1. The minimum atomic E-state index is 0.104. The molecule has 3 fully saturated rings. The van der Waals surface area contributed by atoms with Crippen LogP contribution in [0.2, 0.25) is 0 Å². The topological polar surface area (TPSA) is 54.3 Å². The Kier molecular flexibility index (Phi) is 4.06. The van der Waals surface area contributed by atoms with Crippen LogP contribution in [0.25, 0.3) is 0 Å². The van der Waals surface area contributed by atoms with Crippen LogP contribution in [0.15, 0.2) is 36.8 Å². The highest BCUT2D eigenvalue weighted by Gasteiger charge is 2.40. The molecule has 2 bridgehead atoms. The molecule has 126 valence electrons. The maximum absolute atomic E-state index is 12.9. The predicted molar refractivity (Wildman–Crippen MR) is 89.8 cm³/mol. The minimum Gasteiger partial charge on any atom is -0.337 e. The van der Waals surface area contributed by atoms with E-state index in [4.69, 9.17) is 0 Å². The number of imidazole rings is 1. The van der Waals surface area contributed by atoms with E-state index in [1.807, 2.05) is 37.6 Å². The Bertz CT molecular complexity index is 713. The van der Waals surface area contributed by atoms with Crippen LogP contribution < -0.4 is 0 Å². The number of fused-ring (bicyclic) bond motifs is 4. The van der Waals surface area contributed by atoms with Crippen LogP contribution in [0, 0.1) is 5.92 Å². The van der Waals surface area contributed by atoms with Crippen LogP contribution in [-0.2, 0) is 24.9 Å². The molecule has 0 aromatic carbocycles. The van der Waals surface area contributed by atoms with Gasteiger partial charge in [-0.05, 0) is 25.0 Å². The first-order chi connectivity index (χ1) is 11.7. The Labute approximate surface area is 142 Å². The number of carbonyl (C=O) groups excluding carboxylic acids is 1. The third-order valence-corrected chi connectivity index (χ3v) is 5.21. The van der Waals surface area contributed by atoms with Gasteiger partial charge in [-0.1, -0.05) is 6.07 Å². The van der Waals surface area contributed by atoms with Crippen molar-refractivity contribution >= 4 is 5.91 Å². The Morgan fingerprint density at radius 3 is 2.79 bits per heavy atom. The van der Waals surface area contributed by atoms with Gasteiger partial charge in [0.25, 0.3) is 0 Å². The van der Waals surface area contributed by atoms with Gasteiger partial charge in [-0.15, -0.1) is 0 Å². The SMILES string of the molecule is Cn1ccnc1CN1C[C@H]2CC[C@@H](C1)N(Cc1ccccn1)C2=O. The van der Waals surface area contributed by atoms with Crippen LogP contribution in [0.4, 0.5) is 0 Å². The van der Waals surface area contributed by atoms with Crippen molar-refractivity contribution in [3.05, 3.63) is 48.3 Å². The second-order valence-corrected chi connectivity index (χ2v) is 6.86. The molecule has 0 saturated carbocycles. The summed E-state index contributed by atoms with van der Waals surface area (Å²) in [5.41, 5.74) is 0.967. The molecule has 6 nitrogen and oxygen atoms in total. The maximum atomic E-state index is 12.9. The number of nitrogens with zero attached hydrogens (tertiary/aromatic N) is 5. The first-order valence-electron chi connectivity index (χ1n) is 8.59. The van der Waals surface area contributed by atoms with E-state index in [1.54, 1.807) is 6.20 Å². The molecular weight excluding hydrogens is 302 g/mol. The molecule has 3 aliphatic rings. The third-order valence-electron chi connectivity index (χ3n) is 5.21. The summed E-state index contributed by atoms with van der Waals surface area (Å²) in [5, 5.41) is 0. The smallest absolute Gasteiger partial charge is 0.227 e. The molecule has 2 aromatic rings. The molecule has 3 saturated heterocycles. The summed E-state index contributed by atoms with van der Waals surface area (Å²) in [6.07, 6.45) is 7.68.